The number of hydrogen-bond acceptors (Lipinski definition) is 4. The Morgan fingerprint density at radius 3 is 2.74 bits per heavy atom. The Kier molecular flexibility index (Phi) is 4.08. The lowest BCUT2D eigenvalue weighted by atomic mass is 9.93. The molecular formula is C15H22N6O2. The summed E-state index contributed by atoms with van der Waals surface area (Å²) in [7, 11) is 3.70. The van der Waals surface area contributed by atoms with Gasteiger partial charge in [0.05, 0.1) is 0 Å². The Labute approximate surface area is 134 Å². The van der Waals surface area contributed by atoms with Crippen LogP contribution in [-0.2, 0) is 18.8 Å². The van der Waals surface area contributed by atoms with Gasteiger partial charge in [-0.25, -0.2) is 9.78 Å². The van der Waals surface area contributed by atoms with E-state index < -0.39 is 0 Å². The molecule has 0 aromatic carbocycles. The number of rotatable bonds is 3. The molecule has 0 atom stereocenters. The molecule has 0 bridgehead atoms. The second-order valence-corrected chi connectivity index (χ2v) is 6.15. The van der Waals surface area contributed by atoms with Crippen LogP contribution in [0.1, 0.15) is 19.8 Å². The van der Waals surface area contributed by atoms with Gasteiger partial charge in [0.15, 0.2) is 5.82 Å². The highest BCUT2D eigenvalue weighted by molar-refractivity contribution is 5.89. The number of nitrogens with one attached hydrogen (secondary N) is 2. The van der Waals surface area contributed by atoms with E-state index in [9.17, 15) is 4.79 Å². The Morgan fingerprint density at radius 2 is 2.09 bits per heavy atom. The molecule has 3 rings (SSSR count). The monoisotopic (exact) mass is 318 g/mol. The second kappa shape index (κ2) is 6.04. The standard InChI is InChI=1S/C15H22N6O2/c1-15(4-8-23-9-5-15)18-14(22)17-12-10-11(19-21(12)3)13-16-6-7-20(13)2/h6-7,10H,4-5,8-9H2,1-3H3,(H2,17,18,22). The molecule has 2 aromatic rings. The average Bonchev–Trinajstić information content (AvgIpc) is 3.05. The van der Waals surface area contributed by atoms with Gasteiger partial charge in [0.1, 0.15) is 11.5 Å². The molecule has 8 heteroatoms. The van der Waals surface area contributed by atoms with Crippen LogP contribution in [-0.4, -0.2) is 44.1 Å². The highest BCUT2D eigenvalue weighted by Crippen LogP contribution is 2.21. The second-order valence-electron chi connectivity index (χ2n) is 6.15. The summed E-state index contributed by atoms with van der Waals surface area (Å²) in [5.41, 5.74) is 0.483. The first-order valence-corrected chi connectivity index (χ1v) is 7.65. The molecule has 8 nitrogen and oxygen atoms in total. The molecule has 1 aliphatic heterocycles. The SMILES string of the molecule is Cn1ccnc1-c1cc(NC(=O)NC2(C)CCOCC2)n(C)n1. The van der Waals surface area contributed by atoms with Crippen LogP contribution in [0.25, 0.3) is 11.5 Å². The topological polar surface area (TPSA) is 86.0 Å². The van der Waals surface area contributed by atoms with Gasteiger partial charge in [-0.15, -0.1) is 0 Å². The number of ether oxygens (including phenoxy) is 1. The summed E-state index contributed by atoms with van der Waals surface area (Å²) < 4.78 is 8.86. The minimum Gasteiger partial charge on any atom is -0.381 e. The maximum atomic E-state index is 12.3. The fourth-order valence-electron chi connectivity index (χ4n) is 2.67. The van der Waals surface area contributed by atoms with Crippen LogP contribution in [0.15, 0.2) is 18.5 Å². The molecule has 0 radical (unpaired) electrons. The van der Waals surface area contributed by atoms with E-state index in [0.29, 0.717) is 24.7 Å². The summed E-state index contributed by atoms with van der Waals surface area (Å²) in [4.78, 5) is 16.5. The van der Waals surface area contributed by atoms with Crippen molar-refractivity contribution in [2.24, 2.45) is 14.1 Å². The van der Waals surface area contributed by atoms with Crippen LogP contribution < -0.4 is 10.6 Å². The lowest BCUT2D eigenvalue weighted by molar-refractivity contribution is 0.0499. The van der Waals surface area contributed by atoms with Crippen molar-refractivity contribution in [1.29, 1.82) is 0 Å². The van der Waals surface area contributed by atoms with E-state index in [4.69, 9.17) is 4.74 Å². The van der Waals surface area contributed by atoms with E-state index in [2.05, 4.69) is 20.7 Å². The Bertz CT molecular complexity index is 699. The largest absolute Gasteiger partial charge is 0.381 e. The van der Waals surface area contributed by atoms with E-state index >= 15 is 0 Å². The third-order valence-corrected chi connectivity index (χ3v) is 4.18. The lowest BCUT2D eigenvalue weighted by Gasteiger charge is -2.34. The lowest BCUT2D eigenvalue weighted by Crippen LogP contribution is -2.51. The Hall–Kier alpha value is -2.35. The highest BCUT2D eigenvalue weighted by Gasteiger charge is 2.29. The minimum atomic E-state index is -0.233. The van der Waals surface area contributed by atoms with Gasteiger partial charge in [-0.3, -0.25) is 10.00 Å². The van der Waals surface area contributed by atoms with Crippen LogP contribution in [0.3, 0.4) is 0 Å². The van der Waals surface area contributed by atoms with E-state index in [-0.39, 0.29) is 11.6 Å². The third kappa shape index (κ3) is 3.37. The minimum absolute atomic E-state index is 0.233. The maximum Gasteiger partial charge on any atom is 0.320 e. The molecule has 1 fully saturated rings. The summed E-state index contributed by atoms with van der Waals surface area (Å²) in [5, 5.41) is 10.3. The quantitative estimate of drug-likeness (QED) is 0.898. The molecule has 0 aliphatic carbocycles. The summed E-state index contributed by atoms with van der Waals surface area (Å²) in [6, 6.07) is 1.58. The molecule has 0 saturated carbocycles. The number of aromatic nitrogens is 4. The van der Waals surface area contributed by atoms with Crippen LogP contribution in [0.5, 0.6) is 0 Å². The molecule has 2 N–H and O–H groups in total. The third-order valence-electron chi connectivity index (χ3n) is 4.18. The van der Waals surface area contributed by atoms with Crippen molar-refractivity contribution in [3.63, 3.8) is 0 Å². The van der Waals surface area contributed by atoms with Crippen molar-refractivity contribution in [3.05, 3.63) is 18.5 Å². The molecule has 0 unspecified atom stereocenters. The van der Waals surface area contributed by atoms with E-state index in [1.807, 2.05) is 30.8 Å². The molecule has 124 valence electrons. The maximum absolute atomic E-state index is 12.3. The van der Waals surface area contributed by atoms with Gasteiger partial charge in [0.25, 0.3) is 0 Å². The average molecular weight is 318 g/mol. The molecule has 23 heavy (non-hydrogen) atoms. The molecule has 3 heterocycles. The molecule has 2 amide bonds. The van der Waals surface area contributed by atoms with E-state index in [1.165, 1.54) is 0 Å². The molecular weight excluding hydrogens is 296 g/mol. The number of amides is 2. The van der Waals surface area contributed by atoms with Gasteiger partial charge < -0.3 is 14.6 Å². The van der Waals surface area contributed by atoms with Gasteiger partial charge in [-0.1, -0.05) is 0 Å². The van der Waals surface area contributed by atoms with Crippen molar-refractivity contribution in [2.75, 3.05) is 18.5 Å². The predicted molar refractivity (Wildman–Crippen MR) is 86.0 cm³/mol. The molecule has 1 saturated heterocycles. The number of imidazole rings is 1. The van der Waals surface area contributed by atoms with Gasteiger partial charge >= 0.3 is 6.03 Å². The van der Waals surface area contributed by atoms with Crippen molar-refractivity contribution >= 4 is 11.8 Å². The normalized spacial score (nSPS) is 17.0. The van der Waals surface area contributed by atoms with Crippen LogP contribution in [0.2, 0.25) is 0 Å². The fraction of sp³-hybridized carbons (Fsp3) is 0.533. The van der Waals surface area contributed by atoms with Crippen molar-refractivity contribution in [3.8, 4) is 11.5 Å². The summed E-state index contributed by atoms with van der Waals surface area (Å²) in [6.45, 7) is 3.38. The first-order chi connectivity index (χ1) is 11.0. The molecule has 0 spiro atoms. The molecule has 2 aromatic heterocycles. The van der Waals surface area contributed by atoms with Crippen molar-refractivity contribution < 1.29 is 9.53 Å². The van der Waals surface area contributed by atoms with E-state index in [0.717, 1.165) is 18.7 Å². The van der Waals surface area contributed by atoms with Crippen LogP contribution in [0, 0.1) is 0 Å². The van der Waals surface area contributed by atoms with E-state index in [1.54, 1.807) is 17.9 Å². The fourth-order valence-corrected chi connectivity index (χ4v) is 2.67. The number of anilines is 1. The number of nitrogens with zero attached hydrogens (tertiary/aromatic N) is 4. The highest BCUT2D eigenvalue weighted by atomic mass is 16.5. The zero-order chi connectivity index (χ0) is 16.4. The van der Waals surface area contributed by atoms with Gasteiger partial charge in [-0.2, -0.15) is 5.10 Å². The van der Waals surface area contributed by atoms with Crippen molar-refractivity contribution in [1.82, 2.24) is 24.6 Å². The number of carbonyl (C=O) groups excluding carboxylic acids is 1. The zero-order valence-corrected chi connectivity index (χ0v) is 13.7. The van der Waals surface area contributed by atoms with Crippen LogP contribution in [0.4, 0.5) is 10.6 Å². The first-order valence-electron chi connectivity index (χ1n) is 7.65. The summed E-state index contributed by atoms with van der Waals surface area (Å²) in [6.07, 6.45) is 5.19. The summed E-state index contributed by atoms with van der Waals surface area (Å²) >= 11 is 0. The Morgan fingerprint density at radius 1 is 1.35 bits per heavy atom. The van der Waals surface area contributed by atoms with Gasteiger partial charge in [0, 0.05) is 51.3 Å². The predicted octanol–water partition coefficient (Wildman–Crippen LogP) is 1.51. The van der Waals surface area contributed by atoms with Crippen molar-refractivity contribution in [2.45, 2.75) is 25.3 Å². The number of aryl methyl sites for hydroxylation is 2. The number of urea groups is 1. The first kappa shape index (κ1) is 15.5. The molecule has 1 aliphatic rings. The smallest absolute Gasteiger partial charge is 0.320 e. The number of hydrogen-bond donors (Lipinski definition) is 2. The number of carbonyl (C=O) groups is 1. The summed E-state index contributed by atoms with van der Waals surface area (Å²) in [5.74, 6) is 1.38. The van der Waals surface area contributed by atoms with Gasteiger partial charge in [-0.05, 0) is 19.8 Å². The van der Waals surface area contributed by atoms with Crippen LogP contribution >= 0.6 is 0 Å². The van der Waals surface area contributed by atoms with Gasteiger partial charge in [0.2, 0.25) is 0 Å². The Balaban J connectivity index is 1.69. The zero-order valence-electron chi connectivity index (χ0n) is 13.7.